The number of rotatable bonds is 4. The fourth-order valence-electron chi connectivity index (χ4n) is 2.74. The topological polar surface area (TPSA) is 72.2 Å². The summed E-state index contributed by atoms with van der Waals surface area (Å²) in [7, 11) is -3.25. The Hall–Kier alpha value is -2.93. The van der Waals surface area contributed by atoms with E-state index in [0.29, 0.717) is 16.5 Å². The number of aliphatic hydroxyl groups excluding tert-OH is 1. The summed E-state index contributed by atoms with van der Waals surface area (Å²) in [5.41, 5.74) is 2.11. The first kappa shape index (κ1) is 21.8. The van der Waals surface area contributed by atoms with E-state index in [4.69, 9.17) is 11.6 Å². The van der Waals surface area contributed by atoms with Crippen LogP contribution in [0.5, 0.6) is 0 Å². The molecule has 0 amide bonds. The van der Waals surface area contributed by atoms with Crippen molar-refractivity contribution in [1.82, 2.24) is 9.55 Å². The molecule has 0 saturated carbocycles. The highest BCUT2D eigenvalue weighted by Crippen LogP contribution is 2.25. The third-order valence-electron chi connectivity index (χ3n) is 4.23. The van der Waals surface area contributed by atoms with Gasteiger partial charge in [0.1, 0.15) is 5.82 Å². The molecule has 1 aromatic heterocycles. The molecule has 0 unspecified atom stereocenters. The third kappa shape index (κ3) is 5.57. The molecule has 0 saturated heterocycles. The van der Waals surface area contributed by atoms with Crippen molar-refractivity contribution in [2.24, 2.45) is 0 Å². The van der Waals surface area contributed by atoms with Gasteiger partial charge in [-0.25, -0.2) is 13.4 Å². The molecule has 4 rings (SSSR count). The molecule has 0 atom stereocenters. The highest BCUT2D eigenvalue weighted by molar-refractivity contribution is 7.90. The quantitative estimate of drug-likeness (QED) is 0.496. The van der Waals surface area contributed by atoms with E-state index in [2.05, 4.69) is 4.98 Å². The molecule has 0 bridgehead atoms. The number of imidazole rings is 1. The van der Waals surface area contributed by atoms with E-state index in [1.807, 2.05) is 53.1 Å². The lowest BCUT2D eigenvalue weighted by Gasteiger charge is -2.08. The van der Waals surface area contributed by atoms with Crippen molar-refractivity contribution in [2.75, 3.05) is 6.26 Å². The lowest BCUT2D eigenvalue weighted by Crippen LogP contribution is -1.98. The first-order valence-corrected chi connectivity index (χ1v) is 11.4. The summed E-state index contributed by atoms with van der Waals surface area (Å²) in [6.07, 6.45) is 2.91. The summed E-state index contributed by atoms with van der Waals surface area (Å²) in [6.45, 7) is -0.186. The van der Waals surface area contributed by atoms with Gasteiger partial charge in [0, 0.05) is 28.7 Å². The molecule has 0 radical (unpaired) electrons. The highest BCUT2D eigenvalue weighted by Gasteiger charge is 2.13. The van der Waals surface area contributed by atoms with Crippen LogP contribution in [0, 0.1) is 0 Å². The monoisotopic (exact) mass is 440 g/mol. The zero-order valence-corrected chi connectivity index (χ0v) is 17.9. The standard InChI is InChI=1S/C17H15ClN2O3S.C6H6/c1-24(22,23)16-8-2-12(3-9-16)17-19-14(11-21)10-20(17)15-6-4-13(18)5-7-15;1-2-4-6-5-3-1/h2-10,21H,11H2,1H3;1-6H. The van der Waals surface area contributed by atoms with Crippen molar-refractivity contribution in [1.29, 1.82) is 0 Å². The summed E-state index contributed by atoms with van der Waals surface area (Å²) >= 11 is 5.93. The number of sulfone groups is 1. The van der Waals surface area contributed by atoms with Gasteiger partial charge in [0.2, 0.25) is 0 Å². The van der Waals surface area contributed by atoms with Gasteiger partial charge in [-0.1, -0.05) is 48.0 Å². The van der Waals surface area contributed by atoms with E-state index in [9.17, 15) is 13.5 Å². The van der Waals surface area contributed by atoms with Crippen LogP contribution < -0.4 is 0 Å². The van der Waals surface area contributed by atoms with Crippen molar-refractivity contribution in [3.63, 3.8) is 0 Å². The van der Waals surface area contributed by atoms with Gasteiger partial charge >= 0.3 is 0 Å². The molecule has 5 nitrogen and oxygen atoms in total. The Kier molecular flexibility index (Phi) is 7.05. The van der Waals surface area contributed by atoms with Crippen molar-refractivity contribution >= 4 is 21.4 Å². The minimum atomic E-state index is -3.25. The Morgan fingerprint density at radius 2 is 1.43 bits per heavy atom. The summed E-state index contributed by atoms with van der Waals surface area (Å²) in [5.74, 6) is 0.612. The normalized spacial score (nSPS) is 10.9. The van der Waals surface area contributed by atoms with Crippen molar-refractivity contribution in [3.8, 4) is 17.1 Å². The predicted molar refractivity (Wildman–Crippen MR) is 119 cm³/mol. The second kappa shape index (κ2) is 9.71. The molecule has 3 aromatic carbocycles. The Labute approximate surface area is 181 Å². The Morgan fingerprint density at radius 3 is 1.90 bits per heavy atom. The fraction of sp³-hybridized carbons (Fsp3) is 0.0870. The van der Waals surface area contributed by atoms with Crippen LogP contribution >= 0.6 is 11.6 Å². The average molecular weight is 441 g/mol. The van der Waals surface area contributed by atoms with E-state index in [1.54, 1.807) is 42.6 Å². The SMILES string of the molecule is CS(=O)(=O)c1ccc(-c2nc(CO)cn2-c2ccc(Cl)cc2)cc1.c1ccccc1. The molecule has 0 fully saturated rings. The number of benzene rings is 3. The number of nitrogens with zero attached hydrogens (tertiary/aromatic N) is 2. The van der Waals surface area contributed by atoms with Gasteiger partial charge < -0.3 is 5.11 Å². The molecule has 0 aliphatic rings. The van der Waals surface area contributed by atoms with Crippen molar-refractivity contribution in [3.05, 3.63) is 102 Å². The summed E-state index contributed by atoms with van der Waals surface area (Å²) in [4.78, 5) is 4.67. The van der Waals surface area contributed by atoms with E-state index in [0.717, 1.165) is 11.3 Å². The van der Waals surface area contributed by atoms with Gasteiger partial charge in [0.25, 0.3) is 0 Å². The molecular formula is C23H21ClN2O3S. The highest BCUT2D eigenvalue weighted by atomic mass is 35.5. The maximum Gasteiger partial charge on any atom is 0.175 e. The molecule has 1 N–H and O–H groups in total. The lowest BCUT2D eigenvalue weighted by atomic mass is 10.2. The summed E-state index contributed by atoms with van der Waals surface area (Å²) in [6, 6.07) is 25.7. The van der Waals surface area contributed by atoms with Gasteiger partial charge in [-0.2, -0.15) is 0 Å². The third-order valence-corrected chi connectivity index (χ3v) is 5.61. The molecular weight excluding hydrogens is 420 g/mol. The van der Waals surface area contributed by atoms with Crippen molar-refractivity contribution in [2.45, 2.75) is 11.5 Å². The number of aliphatic hydroxyl groups is 1. The Balaban J connectivity index is 0.000000367. The van der Waals surface area contributed by atoms with Crippen LogP contribution in [0.2, 0.25) is 5.02 Å². The summed E-state index contributed by atoms with van der Waals surface area (Å²) < 4.78 is 25.0. The predicted octanol–water partition coefficient (Wildman–Crippen LogP) is 4.78. The van der Waals surface area contributed by atoms with Crippen LogP contribution in [0.1, 0.15) is 5.69 Å². The maximum atomic E-state index is 11.6. The molecule has 0 aliphatic carbocycles. The van der Waals surface area contributed by atoms with Crippen LogP contribution in [0.3, 0.4) is 0 Å². The second-order valence-corrected chi connectivity index (χ2v) is 8.96. The van der Waals surface area contributed by atoms with Crippen LogP contribution in [0.25, 0.3) is 17.1 Å². The van der Waals surface area contributed by atoms with Gasteiger partial charge in [-0.15, -0.1) is 0 Å². The number of hydrogen-bond acceptors (Lipinski definition) is 4. The van der Waals surface area contributed by atoms with E-state index >= 15 is 0 Å². The molecule has 0 aliphatic heterocycles. The molecule has 4 aromatic rings. The van der Waals surface area contributed by atoms with Crippen LogP contribution in [0.15, 0.2) is 96.0 Å². The van der Waals surface area contributed by atoms with Gasteiger partial charge in [0.15, 0.2) is 9.84 Å². The largest absolute Gasteiger partial charge is 0.390 e. The lowest BCUT2D eigenvalue weighted by molar-refractivity contribution is 0.277. The fourth-order valence-corrected chi connectivity index (χ4v) is 3.50. The smallest absolute Gasteiger partial charge is 0.175 e. The average Bonchev–Trinajstić information content (AvgIpc) is 3.20. The van der Waals surface area contributed by atoms with E-state index in [1.165, 1.54) is 6.26 Å². The second-order valence-electron chi connectivity index (χ2n) is 6.51. The van der Waals surface area contributed by atoms with Gasteiger partial charge in [0.05, 0.1) is 17.2 Å². The first-order valence-electron chi connectivity index (χ1n) is 9.14. The number of halogens is 1. The molecule has 1 heterocycles. The molecule has 30 heavy (non-hydrogen) atoms. The Morgan fingerprint density at radius 1 is 0.900 bits per heavy atom. The zero-order chi connectivity index (χ0) is 21.6. The van der Waals surface area contributed by atoms with Crippen LogP contribution in [0.4, 0.5) is 0 Å². The maximum absolute atomic E-state index is 11.6. The minimum absolute atomic E-state index is 0.186. The van der Waals surface area contributed by atoms with Crippen molar-refractivity contribution < 1.29 is 13.5 Å². The molecule has 0 spiro atoms. The van der Waals surface area contributed by atoms with Crippen LogP contribution in [-0.2, 0) is 16.4 Å². The Bertz CT molecular complexity index is 1160. The molecule has 154 valence electrons. The van der Waals surface area contributed by atoms with Gasteiger partial charge in [-0.3, -0.25) is 4.57 Å². The number of aromatic nitrogens is 2. The first-order chi connectivity index (χ1) is 14.4. The summed E-state index contributed by atoms with van der Waals surface area (Å²) in [5, 5.41) is 10.0. The van der Waals surface area contributed by atoms with Crippen LogP contribution in [-0.4, -0.2) is 29.3 Å². The van der Waals surface area contributed by atoms with Gasteiger partial charge in [-0.05, 0) is 48.5 Å². The zero-order valence-electron chi connectivity index (χ0n) is 16.3. The minimum Gasteiger partial charge on any atom is -0.390 e. The molecule has 7 heteroatoms. The number of hydrogen-bond donors (Lipinski definition) is 1. The van der Waals surface area contributed by atoms with E-state index < -0.39 is 9.84 Å². The van der Waals surface area contributed by atoms with E-state index in [-0.39, 0.29) is 11.5 Å².